The van der Waals surface area contributed by atoms with Crippen molar-refractivity contribution < 1.29 is 0 Å². The molecule has 3 aromatic carbocycles. The van der Waals surface area contributed by atoms with E-state index in [9.17, 15) is 0 Å². The van der Waals surface area contributed by atoms with Gasteiger partial charge in [-0.05, 0) is 49.6 Å². The van der Waals surface area contributed by atoms with Gasteiger partial charge < -0.3 is 9.47 Å². The summed E-state index contributed by atoms with van der Waals surface area (Å²) in [5, 5.41) is 0. The fraction of sp³-hybridized carbons (Fsp3) is 0.179. The number of anilines is 2. The maximum Gasteiger partial charge on any atom is 0.211 e. The molecular formula is C28H28N4. The van der Waals surface area contributed by atoms with Crippen LogP contribution < -0.4 is 9.80 Å². The first-order valence-electron chi connectivity index (χ1n) is 11.0. The summed E-state index contributed by atoms with van der Waals surface area (Å²) >= 11 is 0. The molecule has 1 aliphatic rings. The largest absolute Gasteiger partial charge is 0.320 e. The molecule has 4 aromatic rings. The Hall–Kier alpha value is -3.79. The molecule has 160 valence electrons. The van der Waals surface area contributed by atoms with Crippen molar-refractivity contribution in [3.05, 3.63) is 119 Å². The zero-order chi connectivity index (χ0) is 22.2. The fourth-order valence-corrected chi connectivity index (χ4v) is 4.85. The Morgan fingerprint density at radius 1 is 0.719 bits per heavy atom. The third-order valence-corrected chi connectivity index (χ3v) is 6.33. The van der Waals surface area contributed by atoms with Crippen molar-refractivity contribution in [3.8, 4) is 0 Å². The molecule has 0 saturated heterocycles. The molecule has 5 rings (SSSR count). The SMILES string of the molecule is CC1=C(c2ccccc2)N(c2ccccc2)C(c2c(C)cccc2C)N1c1nccn1C. The van der Waals surface area contributed by atoms with Gasteiger partial charge in [0.2, 0.25) is 5.95 Å². The number of hydrogen-bond acceptors (Lipinski definition) is 3. The summed E-state index contributed by atoms with van der Waals surface area (Å²) in [7, 11) is 2.06. The number of nitrogens with zero attached hydrogens (tertiary/aromatic N) is 4. The Balaban J connectivity index is 1.83. The standard InChI is InChI=1S/C28H28N4/c1-20-12-11-13-21(2)25(20)27-31(28-29-18-19-30(28)4)22(3)26(23-14-7-5-8-15-23)32(27)24-16-9-6-10-17-24/h5-19,27H,1-4H3. The quantitative estimate of drug-likeness (QED) is 0.379. The van der Waals surface area contributed by atoms with Gasteiger partial charge in [-0.2, -0.15) is 0 Å². The van der Waals surface area contributed by atoms with Gasteiger partial charge in [0.05, 0.1) is 5.70 Å². The monoisotopic (exact) mass is 420 g/mol. The summed E-state index contributed by atoms with van der Waals surface area (Å²) in [6.07, 6.45) is 3.84. The Labute approximate surface area is 190 Å². The third kappa shape index (κ3) is 3.19. The molecule has 0 amide bonds. The van der Waals surface area contributed by atoms with E-state index in [4.69, 9.17) is 4.98 Å². The molecule has 0 spiro atoms. The molecule has 1 atom stereocenters. The second-order valence-electron chi connectivity index (χ2n) is 8.39. The predicted octanol–water partition coefficient (Wildman–Crippen LogP) is 6.45. The number of benzene rings is 3. The molecule has 1 aromatic heterocycles. The lowest BCUT2D eigenvalue weighted by Gasteiger charge is -2.36. The van der Waals surface area contributed by atoms with Gasteiger partial charge in [-0.3, -0.25) is 4.90 Å². The lowest BCUT2D eigenvalue weighted by molar-refractivity contribution is 0.682. The van der Waals surface area contributed by atoms with Crippen LogP contribution in [0.3, 0.4) is 0 Å². The molecule has 32 heavy (non-hydrogen) atoms. The molecular weight excluding hydrogens is 392 g/mol. The molecule has 2 heterocycles. The van der Waals surface area contributed by atoms with Gasteiger partial charge in [0.1, 0.15) is 6.17 Å². The van der Waals surface area contributed by atoms with E-state index in [1.165, 1.54) is 33.6 Å². The Bertz CT molecular complexity index is 1250. The number of allylic oxidation sites excluding steroid dienone is 1. The van der Waals surface area contributed by atoms with Gasteiger partial charge in [0, 0.05) is 36.4 Å². The highest BCUT2D eigenvalue weighted by Gasteiger charge is 2.42. The van der Waals surface area contributed by atoms with Crippen LogP contribution in [0.1, 0.15) is 35.3 Å². The number of hydrogen-bond donors (Lipinski definition) is 0. The van der Waals surface area contributed by atoms with E-state index in [1.54, 1.807) is 0 Å². The van der Waals surface area contributed by atoms with E-state index in [1.807, 2.05) is 12.4 Å². The first-order chi connectivity index (χ1) is 15.6. The second kappa shape index (κ2) is 8.04. The molecule has 0 fully saturated rings. The molecule has 4 heteroatoms. The zero-order valence-corrected chi connectivity index (χ0v) is 19.0. The zero-order valence-electron chi connectivity index (χ0n) is 19.0. The van der Waals surface area contributed by atoms with E-state index in [-0.39, 0.29) is 6.17 Å². The summed E-state index contributed by atoms with van der Waals surface area (Å²) in [5.74, 6) is 0.932. The minimum atomic E-state index is -0.0464. The van der Waals surface area contributed by atoms with Crippen molar-refractivity contribution in [2.75, 3.05) is 9.80 Å². The van der Waals surface area contributed by atoms with Crippen molar-refractivity contribution in [1.29, 1.82) is 0 Å². The van der Waals surface area contributed by atoms with Crippen molar-refractivity contribution in [3.63, 3.8) is 0 Å². The Morgan fingerprint density at radius 3 is 1.94 bits per heavy atom. The van der Waals surface area contributed by atoms with Crippen molar-refractivity contribution in [2.45, 2.75) is 26.9 Å². The summed E-state index contributed by atoms with van der Waals surface area (Å²) in [6, 6.07) is 27.9. The number of aryl methyl sites for hydroxylation is 3. The van der Waals surface area contributed by atoms with Gasteiger partial charge in [-0.25, -0.2) is 4.98 Å². The van der Waals surface area contributed by atoms with Crippen LogP contribution in [0.25, 0.3) is 5.70 Å². The van der Waals surface area contributed by atoms with Crippen LogP contribution in [0.2, 0.25) is 0 Å². The Morgan fingerprint density at radius 2 is 1.34 bits per heavy atom. The summed E-state index contributed by atoms with van der Waals surface area (Å²) in [4.78, 5) is 9.61. The number of imidazole rings is 1. The molecule has 0 bridgehead atoms. The number of para-hydroxylation sites is 1. The first kappa shape index (κ1) is 20.1. The maximum atomic E-state index is 4.77. The fourth-order valence-electron chi connectivity index (χ4n) is 4.85. The normalized spacial score (nSPS) is 16.2. The van der Waals surface area contributed by atoms with Crippen molar-refractivity contribution in [1.82, 2.24) is 9.55 Å². The molecule has 0 N–H and O–H groups in total. The van der Waals surface area contributed by atoms with E-state index in [0.29, 0.717) is 0 Å². The van der Waals surface area contributed by atoms with Gasteiger partial charge in [-0.1, -0.05) is 66.7 Å². The molecule has 1 unspecified atom stereocenters. The lowest BCUT2D eigenvalue weighted by atomic mass is 9.98. The first-order valence-corrected chi connectivity index (χ1v) is 11.0. The summed E-state index contributed by atoms with van der Waals surface area (Å²) < 4.78 is 2.10. The highest BCUT2D eigenvalue weighted by Crippen LogP contribution is 2.49. The smallest absolute Gasteiger partial charge is 0.211 e. The van der Waals surface area contributed by atoms with E-state index in [0.717, 1.165) is 11.6 Å². The number of aromatic nitrogens is 2. The van der Waals surface area contributed by atoms with Crippen molar-refractivity contribution >= 4 is 17.3 Å². The molecule has 4 nitrogen and oxygen atoms in total. The second-order valence-corrected chi connectivity index (χ2v) is 8.39. The van der Waals surface area contributed by atoms with Gasteiger partial charge >= 0.3 is 0 Å². The highest BCUT2D eigenvalue weighted by atomic mass is 15.5. The van der Waals surface area contributed by atoms with Crippen molar-refractivity contribution in [2.24, 2.45) is 7.05 Å². The highest BCUT2D eigenvalue weighted by molar-refractivity contribution is 5.88. The third-order valence-electron chi connectivity index (χ3n) is 6.33. The van der Waals surface area contributed by atoms with Gasteiger partial charge in [-0.15, -0.1) is 0 Å². The topological polar surface area (TPSA) is 24.3 Å². The van der Waals surface area contributed by atoms with Crippen LogP contribution in [-0.2, 0) is 7.05 Å². The molecule has 0 aliphatic carbocycles. The van der Waals surface area contributed by atoms with Crippen LogP contribution in [0.4, 0.5) is 11.6 Å². The summed E-state index contributed by atoms with van der Waals surface area (Å²) in [6.45, 7) is 6.62. The molecule has 1 aliphatic heterocycles. The van der Waals surface area contributed by atoms with Crippen LogP contribution in [0, 0.1) is 13.8 Å². The minimum Gasteiger partial charge on any atom is -0.320 e. The van der Waals surface area contributed by atoms with Gasteiger partial charge in [0.15, 0.2) is 0 Å². The van der Waals surface area contributed by atoms with Crippen LogP contribution >= 0.6 is 0 Å². The number of rotatable bonds is 4. The Kier molecular flexibility index (Phi) is 5.06. The van der Waals surface area contributed by atoms with Gasteiger partial charge in [0.25, 0.3) is 0 Å². The lowest BCUT2D eigenvalue weighted by Crippen LogP contribution is -2.35. The minimum absolute atomic E-state index is 0.0464. The van der Waals surface area contributed by atoms with E-state index >= 15 is 0 Å². The maximum absolute atomic E-state index is 4.77. The average molecular weight is 421 g/mol. The van der Waals surface area contributed by atoms with Crippen LogP contribution in [0.15, 0.2) is 97.0 Å². The van der Waals surface area contributed by atoms with E-state index < -0.39 is 0 Å². The molecule has 0 radical (unpaired) electrons. The average Bonchev–Trinajstić information content (AvgIpc) is 3.35. The van der Waals surface area contributed by atoms with Crippen LogP contribution in [0.5, 0.6) is 0 Å². The van der Waals surface area contributed by atoms with E-state index in [2.05, 4.69) is 121 Å². The summed E-state index contributed by atoms with van der Waals surface area (Å²) in [5.41, 5.74) is 8.60. The predicted molar refractivity (Wildman–Crippen MR) is 132 cm³/mol. The van der Waals surface area contributed by atoms with Crippen LogP contribution in [-0.4, -0.2) is 9.55 Å². The molecule has 0 saturated carbocycles.